The number of hydrogen-bond donors (Lipinski definition) is 1. The predicted octanol–water partition coefficient (Wildman–Crippen LogP) is 2.53. The third-order valence-corrected chi connectivity index (χ3v) is 6.08. The molecule has 6 nitrogen and oxygen atoms in total. The lowest BCUT2D eigenvalue weighted by Gasteiger charge is -2.40. The molecule has 7 heteroatoms. The zero-order valence-corrected chi connectivity index (χ0v) is 13.9. The van der Waals surface area contributed by atoms with Gasteiger partial charge in [-0.25, -0.2) is 13.2 Å². The number of ether oxygens (including phenoxy) is 1. The van der Waals surface area contributed by atoms with E-state index in [2.05, 4.69) is 0 Å². The summed E-state index contributed by atoms with van der Waals surface area (Å²) in [5.74, 6) is -1.05. The number of rotatable bonds is 5. The summed E-state index contributed by atoms with van der Waals surface area (Å²) in [4.78, 5) is 11.0. The normalized spacial score (nSPS) is 18.0. The molecule has 1 N–H and O–H groups in total. The molecule has 1 fully saturated rings. The Kier molecular flexibility index (Phi) is 4.29. The Morgan fingerprint density at radius 1 is 1.21 bits per heavy atom. The minimum atomic E-state index is -3.85. The van der Waals surface area contributed by atoms with Crippen LogP contribution >= 0.6 is 0 Å². The van der Waals surface area contributed by atoms with Gasteiger partial charge in [-0.15, -0.1) is 0 Å². The third-order valence-electron chi connectivity index (χ3n) is 4.15. The van der Waals surface area contributed by atoms with Crippen molar-refractivity contribution in [2.24, 2.45) is 0 Å². The van der Waals surface area contributed by atoms with Gasteiger partial charge in [0.2, 0.25) is 10.0 Å². The van der Waals surface area contributed by atoms with E-state index in [-0.39, 0.29) is 22.3 Å². The monoisotopic (exact) mass is 347 g/mol. The van der Waals surface area contributed by atoms with E-state index in [1.165, 1.54) is 23.5 Å². The number of hydrogen-bond acceptors (Lipinski definition) is 4. The molecule has 1 heterocycles. The first-order valence-corrected chi connectivity index (χ1v) is 8.87. The van der Waals surface area contributed by atoms with Crippen molar-refractivity contribution < 1.29 is 23.1 Å². The summed E-state index contributed by atoms with van der Waals surface area (Å²) in [7, 11) is -2.49. The van der Waals surface area contributed by atoms with Gasteiger partial charge in [0.05, 0.1) is 18.7 Å². The van der Waals surface area contributed by atoms with E-state index >= 15 is 0 Å². The van der Waals surface area contributed by atoms with Gasteiger partial charge < -0.3 is 9.84 Å². The van der Waals surface area contributed by atoms with Gasteiger partial charge >= 0.3 is 5.97 Å². The molecular formula is C17H17NO5S. The van der Waals surface area contributed by atoms with Gasteiger partial charge in [-0.05, 0) is 30.2 Å². The molecule has 1 aliphatic heterocycles. The van der Waals surface area contributed by atoms with Crippen LogP contribution in [0, 0.1) is 0 Å². The summed E-state index contributed by atoms with van der Waals surface area (Å²) in [5, 5.41) is 9.13. The molecule has 0 aromatic heterocycles. The van der Waals surface area contributed by atoms with Gasteiger partial charge in [-0.3, -0.25) is 0 Å². The van der Waals surface area contributed by atoms with Crippen molar-refractivity contribution in [1.82, 2.24) is 4.31 Å². The lowest BCUT2D eigenvalue weighted by molar-refractivity contribution is 0.0696. The zero-order valence-electron chi connectivity index (χ0n) is 13.0. The summed E-state index contributed by atoms with van der Waals surface area (Å²) in [5.41, 5.74) is 0.826. The fourth-order valence-corrected chi connectivity index (χ4v) is 4.64. The van der Waals surface area contributed by atoms with Crippen molar-refractivity contribution in [1.29, 1.82) is 0 Å². The summed E-state index contributed by atoms with van der Waals surface area (Å²) in [6, 6.07) is 13.0. The van der Waals surface area contributed by atoms with Gasteiger partial charge in [0.1, 0.15) is 10.6 Å². The average Bonchev–Trinajstić information content (AvgIpc) is 2.53. The zero-order chi connectivity index (χ0) is 17.3. The maximum Gasteiger partial charge on any atom is 0.335 e. The Balaban J connectivity index is 2.02. The highest BCUT2D eigenvalue weighted by Crippen LogP contribution is 2.40. The van der Waals surface area contributed by atoms with E-state index < -0.39 is 16.0 Å². The Morgan fingerprint density at radius 3 is 2.46 bits per heavy atom. The number of sulfonamides is 1. The van der Waals surface area contributed by atoms with Gasteiger partial charge in [0.25, 0.3) is 0 Å². The minimum absolute atomic E-state index is 0.0915. The molecule has 1 aliphatic rings. The molecule has 0 saturated carbocycles. The standard InChI is InChI=1S/C17H17NO5S/c1-23-15-8-7-13(17(19)20)11-16(15)24(21,22)18-10-9-14(18)12-5-3-2-4-6-12/h2-8,11,14H,9-10H2,1H3,(H,19,20). The largest absolute Gasteiger partial charge is 0.495 e. The van der Waals surface area contributed by atoms with E-state index in [0.717, 1.165) is 18.1 Å². The summed E-state index contributed by atoms with van der Waals surface area (Å²) < 4.78 is 32.5. The second-order valence-corrected chi connectivity index (χ2v) is 7.36. The molecule has 1 atom stereocenters. The highest BCUT2D eigenvalue weighted by Gasteiger charge is 2.40. The minimum Gasteiger partial charge on any atom is -0.495 e. The number of carboxylic acid groups (broad SMARTS) is 1. The molecule has 1 unspecified atom stereocenters. The molecule has 1 saturated heterocycles. The van der Waals surface area contributed by atoms with E-state index in [4.69, 9.17) is 9.84 Å². The molecule has 3 rings (SSSR count). The fourth-order valence-electron chi connectivity index (χ4n) is 2.80. The topological polar surface area (TPSA) is 83.9 Å². The summed E-state index contributed by atoms with van der Waals surface area (Å²) in [6.07, 6.45) is 0.726. The van der Waals surface area contributed by atoms with Gasteiger partial charge in [-0.2, -0.15) is 4.31 Å². The smallest absolute Gasteiger partial charge is 0.335 e. The average molecular weight is 347 g/mol. The SMILES string of the molecule is COc1ccc(C(=O)O)cc1S(=O)(=O)N1CCC1c1ccccc1. The van der Waals surface area contributed by atoms with Crippen molar-refractivity contribution in [2.45, 2.75) is 17.4 Å². The van der Waals surface area contributed by atoms with E-state index in [0.29, 0.717) is 6.54 Å². The molecule has 0 bridgehead atoms. The lowest BCUT2D eigenvalue weighted by atomic mass is 9.98. The molecule has 0 amide bonds. The van der Waals surface area contributed by atoms with Crippen LogP contribution in [0.25, 0.3) is 0 Å². The maximum absolute atomic E-state index is 13.0. The van der Waals surface area contributed by atoms with Crippen molar-refractivity contribution in [3.8, 4) is 5.75 Å². The van der Waals surface area contributed by atoms with E-state index in [1.807, 2.05) is 30.3 Å². The highest BCUT2D eigenvalue weighted by atomic mass is 32.2. The molecule has 2 aromatic rings. The van der Waals surface area contributed by atoms with Crippen LogP contribution in [-0.4, -0.2) is 37.5 Å². The van der Waals surface area contributed by atoms with Crippen LogP contribution in [0.1, 0.15) is 28.4 Å². The first-order chi connectivity index (χ1) is 11.4. The van der Waals surface area contributed by atoms with Gasteiger partial charge in [0, 0.05) is 6.54 Å². The van der Waals surface area contributed by atoms with E-state index in [9.17, 15) is 13.2 Å². The first-order valence-electron chi connectivity index (χ1n) is 7.43. The maximum atomic E-state index is 13.0. The molecule has 0 spiro atoms. The number of aromatic carboxylic acids is 1. The van der Waals surface area contributed by atoms with E-state index in [1.54, 1.807) is 0 Å². The summed E-state index contributed by atoms with van der Waals surface area (Å²) >= 11 is 0. The third kappa shape index (κ3) is 2.76. The number of carbonyl (C=O) groups is 1. The Hall–Kier alpha value is -2.38. The molecule has 126 valence electrons. The van der Waals surface area contributed by atoms with Crippen molar-refractivity contribution in [3.05, 3.63) is 59.7 Å². The molecule has 0 aliphatic carbocycles. The quantitative estimate of drug-likeness (QED) is 0.898. The van der Waals surface area contributed by atoms with Crippen molar-refractivity contribution >= 4 is 16.0 Å². The number of methoxy groups -OCH3 is 1. The number of benzene rings is 2. The van der Waals surface area contributed by atoms with Gasteiger partial charge in [0.15, 0.2) is 0 Å². The summed E-state index contributed by atoms with van der Waals surface area (Å²) in [6.45, 7) is 0.391. The van der Waals surface area contributed by atoms with Crippen LogP contribution in [-0.2, 0) is 10.0 Å². The Labute approximate surface area is 140 Å². The van der Waals surface area contributed by atoms with Crippen LogP contribution in [0.2, 0.25) is 0 Å². The predicted molar refractivity (Wildman–Crippen MR) is 87.6 cm³/mol. The Morgan fingerprint density at radius 2 is 1.92 bits per heavy atom. The van der Waals surface area contributed by atoms with Crippen LogP contribution in [0.4, 0.5) is 0 Å². The van der Waals surface area contributed by atoms with Crippen molar-refractivity contribution in [3.63, 3.8) is 0 Å². The molecule has 24 heavy (non-hydrogen) atoms. The van der Waals surface area contributed by atoms with Crippen LogP contribution in [0.3, 0.4) is 0 Å². The fraction of sp³-hybridized carbons (Fsp3) is 0.235. The Bertz CT molecular complexity index is 864. The lowest BCUT2D eigenvalue weighted by Crippen LogP contribution is -2.45. The van der Waals surface area contributed by atoms with Crippen LogP contribution < -0.4 is 4.74 Å². The second-order valence-electron chi connectivity index (χ2n) is 5.50. The van der Waals surface area contributed by atoms with Crippen molar-refractivity contribution in [2.75, 3.05) is 13.7 Å². The first kappa shape index (κ1) is 16.5. The number of nitrogens with zero attached hydrogens (tertiary/aromatic N) is 1. The van der Waals surface area contributed by atoms with Crippen LogP contribution in [0.15, 0.2) is 53.4 Å². The molecular weight excluding hydrogens is 330 g/mol. The molecule has 0 radical (unpaired) electrons. The highest BCUT2D eigenvalue weighted by molar-refractivity contribution is 7.89. The second kappa shape index (κ2) is 6.26. The van der Waals surface area contributed by atoms with Gasteiger partial charge in [-0.1, -0.05) is 30.3 Å². The number of carboxylic acids is 1. The van der Waals surface area contributed by atoms with Crippen LogP contribution in [0.5, 0.6) is 5.75 Å². The molecule has 2 aromatic carbocycles.